The summed E-state index contributed by atoms with van der Waals surface area (Å²) >= 11 is 0. The number of rotatable bonds is 3. The van der Waals surface area contributed by atoms with Gasteiger partial charge in [0.05, 0.1) is 12.2 Å². The van der Waals surface area contributed by atoms with E-state index in [2.05, 4.69) is 53.8 Å². The summed E-state index contributed by atoms with van der Waals surface area (Å²) in [6, 6.07) is 8.46. The van der Waals surface area contributed by atoms with E-state index in [1.54, 1.807) is 0 Å². The SMILES string of the molecule is CCCNN1CC=Cc2ccccc21. The minimum atomic E-state index is 0.955. The second-order valence-corrected chi connectivity index (χ2v) is 3.48. The van der Waals surface area contributed by atoms with Crippen LogP contribution in [0.4, 0.5) is 5.69 Å². The van der Waals surface area contributed by atoms with Crippen LogP contribution >= 0.6 is 0 Å². The Labute approximate surface area is 85.2 Å². The van der Waals surface area contributed by atoms with Crippen molar-refractivity contribution in [3.05, 3.63) is 35.9 Å². The van der Waals surface area contributed by atoms with Gasteiger partial charge in [0, 0.05) is 6.54 Å². The van der Waals surface area contributed by atoms with Gasteiger partial charge >= 0.3 is 0 Å². The number of hydrazine groups is 1. The van der Waals surface area contributed by atoms with Crippen LogP contribution in [-0.4, -0.2) is 13.1 Å². The van der Waals surface area contributed by atoms with Crippen molar-refractivity contribution < 1.29 is 0 Å². The lowest BCUT2D eigenvalue weighted by Crippen LogP contribution is -2.40. The summed E-state index contributed by atoms with van der Waals surface area (Å²) in [6.07, 6.45) is 5.52. The molecule has 0 aromatic heterocycles. The lowest BCUT2D eigenvalue weighted by molar-refractivity contribution is 0.639. The van der Waals surface area contributed by atoms with Gasteiger partial charge in [-0.1, -0.05) is 37.3 Å². The van der Waals surface area contributed by atoms with Crippen LogP contribution in [0.3, 0.4) is 0 Å². The predicted octanol–water partition coefficient (Wildman–Crippen LogP) is 2.43. The Morgan fingerprint density at radius 1 is 1.36 bits per heavy atom. The molecule has 0 radical (unpaired) electrons. The van der Waals surface area contributed by atoms with Crippen LogP contribution in [0.5, 0.6) is 0 Å². The van der Waals surface area contributed by atoms with Crippen LogP contribution in [0.25, 0.3) is 6.08 Å². The van der Waals surface area contributed by atoms with Gasteiger partial charge in [0.1, 0.15) is 0 Å². The highest BCUT2D eigenvalue weighted by Gasteiger charge is 2.10. The Bertz CT molecular complexity index is 331. The summed E-state index contributed by atoms with van der Waals surface area (Å²) in [5, 5.41) is 2.21. The molecule has 1 heterocycles. The van der Waals surface area contributed by atoms with Gasteiger partial charge in [0.25, 0.3) is 0 Å². The highest BCUT2D eigenvalue weighted by molar-refractivity contribution is 5.70. The van der Waals surface area contributed by atoms with E-state index in [-0.39, 0.29) is 0 Å². The third-order valence-corrected chi connectivity index (χ3v) is 2.37. The highest BCUT2D eigenvalue weighted by atomic mass is 15.5. The average molecular weight is 188 g/mol. The standard InChI is InChI=1S/C12H16N2/c1-2-9-13-14-10-5-7-11-6-3-4-8-12(11)14/h3-8,13H,2,9-10H2,1H3. The number of nitrogens with zero attached hydrogens (tertiary/aromatic N) is 1. The van der Waals surface area contributed by atoms with Crippen molar-refractivity contribution in [1.29, 1.82) is 0 Å². The van der Waals surface area contributed by atoms with Crippen molar-refractivity contribution in [2.24, 2.45) is 0 Å². The first-order chi connectivity index (χ1) is 6.92. The maximum Gasteiger partial charge on any atom is 0.0595 e. The first kappa shape index (κ1) is 9.28. The highest BCUT2D eigenvalue weighted by Crippen LogP contribution is 2.23. The van der Waals surface area contributed by atoms with Crippen molar-refractivity contribution in [3.8, 4) is 0 Å². The monoisotopic (exact) mass is 188 g/mol. The molecule has 1 aliphatic heterocycles. The molecule has 0 fully saturated rings. The molecule has 0 bridgehead atoms. The number of anilines is 1. The summed E-state index contributed by atoms with van der Waals surface area (Å²) in [6.45, 7) is 4.16. The fourth-order valence-electron chi connectivity index (χ4n) is 1.65. The third kappa shape index (κ3) is 1.80. The average Bonchev–Trinajstić information content (AvgIpc) is 2.26. The topological polar surface area (TPSA) is 15.3 Å². The maximum absolute atomic E-state index is 3.41. The van der Waals surface area contributed by atoms with E-state index in [1.165, 1.54) is 11.3 Å². The Balaban J connectivity index is 2.18. The first-order valence-electron chi connectivity index (χ1n) is 5.18. The number of fused-ring (bicyclic) bond motifs is 1. The molecule has 2 rings (SSSR count). The van der Waals surface area contributed by atoms with Gasteiger partial charge in [-0.15, -0.1) is 0 Å². The van der Waals surface area contributed by atoms with E-state index in [0.717, 1.165) is 19.5 Å². The second kappa shape index (κ2) is 4.29. The van der Waals surface area contributed by atoms with Crippen molar-refractivity contribution in [2.45, 2.75) is 13.3 Å². The fraction of sp³-hybridized carbons (Fsp3) is 0.333. The van der Waals surface area contributed by atoms with Crippen LogP contribution in [0.1, 0.15) is 18.9 Å². The van der Waals surface area contributed by atoms with E-state index in [0.29, 0.717) is 0 Å². The number of hydrogen-bond acceptors (Lipinski definition) is 2. The molecular weight excluding hydrogens is 172 g/mol. The first-order valence-corrected chi connectivity index (χ1v) is 5.18. The molecule has 0 aliphatic carbocycles. The van der Waals surface area contributed by atoms with Crippen molar-refractivity contribution in [1.82, 2.24) is 5.43 Å². The van der Waals surface area contributed by atoms with Gasteiger partial charge in [0.15, 0.2) is 0 Å². The van der Waals surface area contributed by atoms with E-state index < -0.39 is 0 Å². The summed E-state index contributed by atoms with van der Waals surface area (Å²) in [5.41, 5.74) is 5.98. The smallest absolute Gasteiger partial charge is 0.0595 e. The normalized spacial score (nSPS) is 14.2. The molecule has 14 heavy (non-hydrogen) atoms. The molecule has 0 atom stereocenters. The molecule has 0 amide bonds. The van der Waals surface area contributed by atoms with Gasteiger partial charge in [-0.2, -0.15) is 0 Å². The van der Waals surface area contributed by atoms with Crippen molar-refractivity contribution in [2.75, 3.05) is 18.1 Å². The van der Waals surface area contributed by atoms with Crippen molar-refractivity contribution in [3.63, 3.8) is 0 Å². The lowest BCUT2D eigenvalue weighted by Gasteiger charge is -2.28. The Hall–Kier alpha value is -1.28. The van der Waals surface area contributed by atoms with Gasteiger partial charge in [-0.25, -0.2) is 5.43 Å². The quantitative estimate of drug-likeness (QED) is 0.783. The van der Waals surface area contributed by atoms with Crippen LogP contribution in [0, 0.1) is 0 Å². The molecule has 1 aromatic rings. The molecular formula is C12H16N2. The van der Waals surface area contributed by atoms with E-state index in [9.17, 15) is 0 Å². The molecule has 1 aromatic carbocycles. The molecule has 0 spiro atoms. The summed E-state index contributed by atoms with van der Waals surface area (Å²) in [4.78, 5) is 0. The molecule has 2 heteroatoms. The molecule has 74 valence electrons. The van der Waals surface area contributed by atoms with Crippen LogP contribution in [-0.2, 0) is 0 Å². The zero-order chi connectivity index (χ0) is 9.80. The van der Waals surface area contributed by atoms with E-state index in [4.69, 9.17) is 0 Å². The molecule has 0 saturated heterocycles. The molecule has 0 saturated carbocycles. The molecule has 1 N–H and O–H groups in total. The van der Waals surface area contributed by atoms with Crippen LogP contribution < -0.4 is 10.4 Å². The maximum atomic E-state index is 3.41. The minimum absolute atomic E-state index is 0.955. The summed E-state index contributed by atoms with van der Waals surface area (Å²) < 4.78 is 0. The van der Waals surface area contributed by atoms with Gasteiger partial charge in [-0.3, -0.25) is 0 Å². The van der Waals surface area contributed by atoms with Crippen molar-refractivity contribution >= 4 is 11.8 Å². The zero-order valence-corrected chi connectivity index (χ0v) is 8.53. The number of benzene rings is 1. The fourth-order valence-corrected chi connectivity index (χ4v) is 1.65. The number of para-hydroxylation sites is 1. The number of nitrogens with one attached hydrogen (secondary N) is 1. The number of hydrogen-bond donors (Lipinski definition) is 1. The van der Waals surface area contributed by atoms with Gasteiger partial charge < -0.3 is 5.01 Å². The molecule has 1 aliphatic rings. The van der Waals surface area contributed by atoms with Crippen LogP contribution in [0.2, 0.25) is 0 Å². The van der Waals surface area contributed by atoms with Gasteiger partial charge in [-0.05, 0) is 18.1 Å². The van der Waals surface area contributed by atoms with E-state index >= 15 is 0 Å². The van der Waals surface area contributed by atoms with Gasteiger partial charge in [0.2, 0.25) is 0 Å². The van der Waals surface area contributed by atoms with E-state index in [1.807, 2.05) is 0 Å². The second-order valence-electron chi connectivity index (χ2n) is 3.48. The molecule has 0 unspecified atom stereocenters. The van der Waals surface area contributed by atoms with Crippen LogP contribution in [0.15, 0.2) is 30.3 Å². The predicted molar refractivity (Wildman–Crippen MR) is 61.1 cm³/mol. The molecule has 2 nitrogen and oxygen atoms in total. The largest absolute Gasteiger partial charge is 0.304 e. The Morgan fingerprint density at radius 3 is 3.07 bits per heavy atom. The lowest BCUT2D eigenvalue weighted by atomic mass is 10.1. The summed E-state index contributed by atoms with van der Waals surface area (Å²) in [7, 11) is 0. The minimum Gasteiger partial charge on any atom is -0.304 e. The summed E-state index contributed by atoms with van der Waals surface area (Å²) in [5.74, 6) is 0. The zero-order valence-electron chi connectivity index (χ0n) is 8.53. The Morgan fingerprint density at radius 2 is 2.21 bits per heavy atom. The third-order valence-electron chi connectivity index (χ3n) is 2.37. The Kier molecular flexibility index (Phi) is 2.84.